The molecule has 0 aliphatic heterocycles. The summed E-state index contributed by atoms with van der Waals surface area (Å²) in [5.41, 5.74) is 8.83. The van der Waals surface area contributed by atoms with E-state index in [1.807, 2.05) is 25.1 Å². The Hall–Kier alpha value is -2.76. The van der Waals surface area contributed by atoms with Gasteiger partial charge in [-0.2, -0.15) is 0 Å². The van der Waals surface area contributed by atoms with E-state index in [0.717, 1.165) is 16.6 Å². The fraction of sp³-hybridized carbons (Fsp3) is 0.143. The Morgan fingerprint density at radius 1 is 1.30 bits per heavy atom. The van der Waals surface area contributed by atoms with Crippen LogP contribution in [0, 0.1) is 13.8 Å². The van der Waals surface area contributed by atoms with Crippen LogP contribution in [0.25, 0.3) is 10.9 Å². The number of amides is 2. The van der Waals surface area contributed by atoms with Gasteiger partial charge in [0.25, 0.3) is 0 Å². The second kappa shape index (κ2) is 4.41. The van der Waals surface area contributed by atoms with Crippen LogP contribution >= 0.6 is 0 Å². The number of carbonyl (C=O) groups is 1. The number of carbonyl (C=O) groups excluding carboxylic acids is 1. The maximum Gasteiger partial charge on any atom is 0.326 e. The number of nitrogens with zero attached hydrogens (tertiary/aromatic N) is 2. The molecule has 0 aliphatic carbocycles. The predicted molar refractivity (Wildman–Crippen MR) is 76.0 cm³/mol. The summed E-state index contributed by atoms with van der Waals surface area (Å²) in [6, 6.07) is 8.63. The first-order chi connectivity index (χ1) is 9.54. The summed E-state index contributed by atoms with van der Waals surface area (Å²) >= 11 is 0. The van der Waals surface area contributed by atoms with Gasteiger partial charge in [-0.3, -0.25) is 0 Å². The zero-order chi connectivity index (χ0) is 14.3. The lowest BCUT2D eigenvalue weighted by molar-refractivity contribution is 0.254. The lowest BCUT2D eigenvalue weighted by atomic mass is 10.2. The van der Waals surface area contributed by atoms with Gasteiger partial charge < -0.3 is 15.2 Å². The molecule has 20 heavy (non-hydrogen) atoms. The van der Waals surface area contributed by atoms with Crippen molar-refractivity contribution in [3.8, 4) is 0 Å². The molecule has 0 aliphatic rings. The molecule has 6 nitrogen and oxygen atoms in total. The third-order valence-electron chi connectivity index (χ3n) is 3.05. The highest BCUT2D eigenvalue weighted by atomic mass is 16.5. The van der Waals surface area contributed by atoms with Crippen molar-refractivity contribution in [1.29, 1.82) is 0 Å². The number of anilines is 2. The molecule has 0 unspecified atom stereocenters. The van der Waals surface area contributed by atoms with Crippen LogP contribution in [-0.4, -0.2) is 16.2 Å². The topological polar surface area (TPSA) is 88.1 Å². The van der Waals surface area contributed by atoms with E-state index in [4.69, 9.17) is 10.3 Å². The normalized spacial score (nSPS) is 10.9. The van der Waals surface area contributed by atoms with Gasteiger partial charge in [0.15, 0.2) is 0 Å². The van der Waals surface area contributed by atoms with E-state index < -0.39 is 6.03 Å². The molecule has 0 spiro atoms. The van der Waals surface area contributed by atoms with Crippen molar-refractivity contribution in [2.75, 3.05) is 4.90 Å². The number of nitrogens with two attached hydrogens (primary N) is 1. The number of aromatic nitrogens is 2. The zero-order valence-electron chi connectivity index (χ0n) is 11.2. The monoisotopic (exact) mass is 270 g/mol. The summed E-state index contributed by atoms with van der Waals surface area (Å²) < 4.78 is 5.13. The second-order valence-corrected chi connectivity index (χ2v) is 4.70. The molecule has 102 valence electrons. The molecule has 3 aromatic rings. The van der Waals surface area contributed by atoms with E-state index in [1.165, 1.54) is 4.90 Å². The van der Waals surface area contributed by atoms with Gasteiger partial charge in [-0.05, 0) is 38.1 Å². The van der Waals surface area contributed by atoms with Crippen molar-refractivity contribution in [3.05, 3.63) is 41.7 Å². The van der Waals surface area contributed by atoms with Crippen LogP contribution in [0.15, 0.2) is 34.9 Å². The Labute approximate surface area is 115 Å². The maximum atomic E-state index is 11.7. The lowest BCUT2D eigenvalue weighted by Gasteiger charge is -2.16. The summed E-state index contributed by atoms with van der Waals surface area (Å²) in [5.74, 6) is 0.307. The molecule has 2 aromatic heterocycles. The maximum absolute atomic E-state index is 11.7. The molecular weight excluding hydrogens is 256 g/mol. The number of aromatic amines is 1. The zero-order valence-corrected chi connectivity index (χ0v) is 11.2. The molecule has 2 amide bonds. The first kappa shape index (κ1) is 12.3. The number of rotatable bonds is 2. The van der Waals surface area contributed by atoms with Crippen molar-refractivity contribution in [1.82, 2.24) is 10.1 Å². The van der Waals surface area contributed by atoms with Gasteiger partial charge in [0.1, 0.15) is 0 Å². The first-order valence-corrected chi connectivity index (χ1v) is 6.17. The lowest BCUT2D eigenvalue weighted by Crippen LogP contribution is -2.31. The predicted octanol–water partition coefficient (Wildman–Crippen LogP) is 2.99. The quantitative estimate of drug-likeness (QED) is 0.750. The minimum Gasteiger partial charge on any atom is -0.359 e. The number of hydrogen-bond acceptors (Lipinski definition) is 3. The van der Waals surface area contributed by atoms with E-state index in [0.29, 0.717) is 17.3 Å². The summed E-state index contributed by atoms with van der Waals surface area (Å²) in [5, 5.41) is 4.78. The van der Waals surface area contributed by atoms with Gasteiger partial charge >= 0.3 is 6.03 Å². The Kier molecular flexibility index (Phi) is 2.71. The smallest absolute Gasteiger partial charge is 0.326 e. The van der Waals surface area contributed by atoms with Gasteiger partial charge in [0.2, 0.25) is 5.88 Å². The van der Waals surface area contributed by atoms with Crippen LogP contribution < -0.4 is 10.6 Å². The molecule has 6 heteroatoms. The van der Waals surface area contributed by atoms with Crippen LogP contribution in [0.5, 0.6) is 0 Å². The molecule has 0 radical (unpaired) electrons. The molecule has 2 heterocycles. The van der Waals surface area contributed by atoms with Crippen LogP contribution in [0.3, 0.4) is 0 Å². The number of fused-ring (bicyclic) bond motifs is 1. The number of hydrogen-bond donors (Lipinski definition) is 2. The number of primary amides is 1. The largest absolute Gasteiger partial charge is 0.359 e. The standard InChI is InChI=1S/C14H14N4O2/c1-8-5-10-7-11(3-4-12(10)16-8)18(14(15)19)13-6-9(2)17-20-13/h3-7,16H,1-2H3,(H2,15,19). The van der Waals surface area contributed by atoms with Crippen molar-refractivity contribution >= 4 is 28.5 Å². The minimum atomic E-state index is -0.618. The number of urea groups is 1. The Bertz CT molecular complexity index is 787. The number of benzene rings is 1. The molecule has 0 saturated heterocycles. The summed E-state index contributed by atoms with van der Waals surface area (Å²) in [6.45, 7) is 3.76. The fourth-order valence-electron chi connectivity index (χ4n) is 2.22. The highest BCUT2D eigenvalue weighted by molar-refractivity contribution is 5.99. The third kappa shape index (κ3) is 2.01. The van der Waals surface area contributed by atoms with Crippen LogP contribution in [0.1, 0.15) is 11.4 Å². The van der Waals surface area contributed by atoms with E-state index in [-0.39, 0.29) is 0 Å². The van der Waals surface area contributed by atoms with E-state index >= 15 is 0 Å². The van der Waals surface area contributed by atoms with Gasteiger partial charge in [-0.15, -0.1) is 0 Å². The highest BCUT2D eigenvalue weighted by Gasteiger charge is 2.19. The van der Waals surface area contributed by atoms with Crippen LogP contribution in [-0.2, 0) is 0 Å². The number of aryl methyl sites for hydroxylation is 2. The first-order valence-electron chi connectivity index (χ1n) is 6.17. The molecule has 3 rings (SSSR count). The molecule has 3 N–H and O–H groups in total. The average molecular weight is 270 g/mol. The van der Waals surface area contributed by atoms with Crippen molar-refractivity contribution < 1.29 is 9.32 Å². The van der Waals surface area contributed by atoms with Crippen LogP contribution in [0.4, 0.5) is 16.4 Å². The Balaban J connectivity index is 2.11. The molecule has 0 bridgehead atoms. The summed E-state index contributed by atoms with van der Waals surface area (Å²) in [7, 11) is 0. The van der Waals surface area contributed by atoms with Crippen molar-refractivity contribution in [2.45, 2.75) is 13.8 Å². The molecule has 0 saturated carbocycles. The minimum absolute atomic E-state index is 0.307. The van der Waals surface area contributed by atoms with Gasteiger partial charge in [0, 0.05) is 22.7 Å². The molecule has 0 fully saturated rings. The van der Waals surface area contributed by atoms with Gasteiger partial charge in [0.05, 0.1) is 11.4 Å². The van der Waals surface area contributed by atoms with E-state index in [1.54, 1.807) is 19.1 Å². The summed E-state index contributed by atoms with van der Waals surface area (Å²) in [6.07, 6.45) is 0. The van der Waals surface area contributed by atoms with E-state index in [2.05, 4.69) is 10.1 Å². The SMILES string of the molecule is Cc1cc(N(C(N)=O)c2ccc3[nH]c(C)cc3c2)on1. The molecular formula is C14H14N4O2. The number of nitrogens with one attached hydrogen (secondary N) is 1. The Morgan fingerprint density at radius 3 is 2.75 bits per heavy atom. The fourth-order valence-corrected chi connectivity index (χ4v) is 2.22. The molecule has 0 atom stereocenters. The second-order valence-electron chi connectivity index (χ2n) is 4.70. The third-order valence-corrected chi connectivity index (χ3v) is 3.05. The average Bonchev–Trinajstić information content (AvgIpc) is 2.94. The summed E-state index contributed by atoms with van der Waals surface area (Å²) in [4.78, 5) is 16.2. The number of H-pyrrole nitrogens is 1. The van der Waals surface area contributed by atoms with Crippen LogP contribution in [0.2, 0.25) is 0 Å². The van der Waals surface area contributed by atoms with Crippen molar-refractivity contribution in [3.63, 3.8) is 0 Å². The van der Waals surface area contributed by atoms with Gasteiger partial charge in [-0.25, -0.2) is 9.69 Å². The van der Waals surface area contributed by atoms with E-state index in [9.17, 15) is 4.79 Å². The van der Waals surface area contributed by atoms with Gasteiger partial charge in [-0.1, -0.05) is 5.16 Å². The Morgan fingerprint density at radius 2 is 2.10 bits per heavy atom. The van der Waals surface area contributed by atoms with Crippen molar-refractivity contribution in [2.24, 2.45) is 5.73 Å². The highest BCUT2D eigenvalue weighted by Crippen LogP contribution is 2.29. The molecule has 1 aromatic carbocycles.